The van der Waals surface area contributed by atoms with Gasteiger partial charge in [0.15, 0.2) is 0 Å². The standard InChI is InChI=1S/C15H9ClF6/c16-8-12-11(2-1-3-13(12)15(20,21)22)9-4-6-10(7-5-9)14(17,18)19/h1-7H,8H2. The van der Waals surface area contributed by atoms with E-state index in [-0.39, 0.29) is 16.7 Å². The third-order valence-corrected chi connectivity index (χ3v) is 3.41. The van der Waals surface area contributed by atoms with Crippen LogP contribution in [0.4, 0.5) is 26.3 Å². The first kappa shape index (κ1) is 16.7. The fourth-order valence-electron chi connectivity index (χ4n) is 2.11. The zero-order valence-electron chi connectivity index (χ0n) is 10.9. The predicted octanol–water partition coefficient (Wildman–Crippen LogP) is 6.13. The Kier molecular flexibility index (Phi) is 4.42. The largest absolute Gasteiger partial charge is 0.416 e. The summed E-state index contributed by atoms with van der Waals surface area (Å²) in [5.74, 6) is -0.397. The molecule has 0 radical (unpaired) electrons. The molecule has 0 spiro atoms. The van der Waals surface area contributed by atoms with Gasteiger partial charge in [-0.1, -0.05) is 24.3 Å². The van der Waals surface area contributed by atoms with E-state index in [0.29, 0.717) is 0 Å². The fraction of sp³-hybridized carbons (Fsp3) is 0.200. The van der Waals surface area contributed by atoms with Crippen molar-refractivity contribution in [2.24, 2.45) is 0 Å². The number of hydrogen-bond donors (Lipinski definition) is 0. The van der Waals surface area contributed by atoms with E-state index >= 15 is 0 Å². The molecule has 0 aliphatic rings. The second-order valence-electron chi connectivity index (χ2n) is 4.54. The summed E-state index contributed by atoms with van der Waals surface area (Å²) in [6, 6.07) is 7.41. The minimum absolute atomic E-state index is 0.156. The molecule has 0 saturated heterocycles. The molecule has 0 saturated carbocycles. The van der Waals surface area contributed by atoms with E-state index in [9.17, 15) is 26.3 Å². The second kappa shape index (κ2) is 5.83. The normalized spacial score (nSPS) is 12.5. The molecule has 0 N–H and O–H groups in total. The Morgan fingerprint density at radius 3 is 1.82 bits per heavy atom. The second-order valence-corrected chi connectivity index (χ2v) is 4.81. The van der Waals surface area contributed by atoms with Crippen molar-refractivity contribution in [1.82, 2.24) is 0 Å². The molecule has 0 unspecified atom stereocenters. The molecule has 118 valence electrons. The first-order valence-electron chi connectivity index (χ1n) is 6.07. The smallest absolute Gasteiger partial charge is 0.166 e. The molecule has 0 aliphatic carbocycles. The molecule has 0 fully saturated rings. The van der Waals surface area contributed by atoms with Crippen LogP contribution in [0.3, 0.4) is 0 Å². The van der Waals surface area contributed by atoms with E-state index in [0.717, 1.165) is 30.3 Å². The molecule has 0 bridgehead atoms. The van der Waals surface area contributed by atoms with Gasteiger partial charge in [-0.2, -0.15) is 26.3 Å². The lowest BCUT2D eigenvalue weighted by atomic mass is 9.95. The molecule has 2 aromatic rings. The molecule has 22 heavy (non-hydrogen) atoms. The van der Waals surface area contributed by atoms with Crippen molar-refractivity contribution in [3.63, 3.8) is 0 Å². The summed E-state index contributed by atoms with van der Waals surface area (Å²) in [5, 5.41) is 0. The summed E-state index contributed by atoms with van der Waals surface area (Å²) < 4.78 is 76.4. The molecule has 2 rings (SSSR count). The number of benzene rings is 2. The Morgan fingerprint density at radius 2 is 1.36 bits per heavy atom. The summed E-state index contributed by atoms with van der Waals surface area (Å²) in [6.45, 7) is 0. The van der Waals surface area contributed by atoms with E-state index in [1.807, 2.05) is 0 Å². The summed E-state index contributed by atoms with van der Waals surface area (Å²) in [5.41, 5.74) is -1.50. The first-order chi connectivity index (χ1) is 10.1. The van der Waals surface area contributed by atoms with Crippen LogP contribution in [0.5, 0.6) is 0 Å². The van der Waals surface area contributed by atoms with Crippen LogP contribution in [0, 0.1) is 0 Å². The van der Waals surface area contributed by atoms with Crippen LogP contribution in [0.1, 0.15) is 16.7 Å². The lowest BCUT2D eigenvalue weighted by Gasteiger charge is -2.16. The van der Waals surface area contributed by atoms with Gasteiger partial charge in [0.05, 0.1) is 11.1 Å². The Labute approximate surface area is 127 Å². The topological polar surface area (TPSA) is 0 Å². The quantitative estimate of drug-likeness (QED) is 0.456. The molecule has 0 heterocycles. The van der Waals surface area contributed by atoms with Crippen molar-refractivity contribution in [3.05, 3.63) is 59.2 Å². The maximum atomic E-state index is 12.9. The van der Waals surface area contributed by atoms with Crippen molar-refractivity contribution >= 4 is 11.6 Å². The highest BCUT2D eigenvalue weighted by Crippen LogP contribution is 2.38. The first-order valence-corrected chi connectivity index (χ1v) is 6.60. The molecule has 0 aliphatic heterocycles. The van der Waals surface area contributed by atoms with Crippen molar-refractivity contribution < 1.29 is 26.3 Å². The summed E-state index contributed by atoms with van der Waals surface area (Å²) >= 11 is 5.62. The van der Waals surface area contributed by atoms with Gasteiger partial charge >= 0.3 is 12.4 Å². The van der Waals surface area contributed by atoms with Crippen LogP contribution >= 0.6 is 11.6 Å². The van der Waals surface area contributed by atoms with E-state index < -0.39 is 29.4 Å². The van der Waals surface area contributed by atoms with Crippen LogP contribution in [0.15, 0.2) is 42.5 Å². The van der Waals surface area contributed by atoms with Crippen LogP contribution in [-0.4, -0.2) is 0 Å². The van der Waals surface area contributed by atoms with E-state index in [4.69, 9.17) is 11.6 Å². The van der Waals surface area contributed by atoms with Gasteiger partial charge in [0.2, 0.25) is 0 Å². The Hall–Kier alpha value is -1.69. The van der Waals surface area contributed by atoms with Gasteiger partial charge in [-0.25, -0.2) is 0 Å². The lowest BCUT2D eigenvalue weighted by Crippen LogP contribution is -2.09. The molecular weight excluding hydrogens is 330 g/mol. The Morgan fingerprint density at radius 1 is 0.773 bits per heavy atom. The van der Waals surface area contributed by atoms with Gasteiger partial charge in [0.25, 0.3) is 0 Å². The predicted molar refractivity (Wildman–Crippen MR) is 71.4 cm³/mol. The highest BCUT2D eigenvalue weighted by molar-refractivity contribution is 6.17. The molecule has 0 aromatic heterocycles. The van der Waals surface area contributed by atoms with Gasteiger partial charge in [0.1, 0.15) is 0 Å². The highest BCUT2D eigenvalue weighted by Gasteiger charge is 2.34. The zero-order valence-corrected chi connectivity index (χ0v) is 11.7. The monoisotopic (exact) mass is 338 g/mol. The van der Waals surface area contributed by atoms with Crippen LogP contribution in [0.2, 0.25) is 0 Å². The van der Waals surface area contributed by atoms with Gasteiger partial charge in [-0.3, -0.25) is 0 Å². The van der Waals surface area contributed by atoms with E-state index in [1.165, 1.54) is 12.1 Å². The number of alkyl halides is 7. The van der Waals surface area contributed by atoms with Crippen LogP contribution in [0.25, 0.3) is 11.1 Å². The van der Waals surface area contributed by atoms with Crippen molar-refractivity contribution in [1.29, 1.82) is 0 Å². The average Bonchev–Trinajstić information content (AvgIpc) is 2.44. The van der Waals surface area contributed by atoms with Crippen LogP contribution < -0.4 is 0 Å². The van der Waals surface area contributed by atoms with Gasteiger partial charge in [0, 0.05) is 5.88 Å². The Bertz CT molecular complexity index is 655. The maximum absolute atomic E-state index is 12.9. The fourth-order valence-corrected chi connectivity index (χ4v) is 2.39. The zero-order chi connectivity index (χ0) is 16.5. The number of hydrogen-bond acceptors (Lipinski definition) is 0. The van der Waals surface area contributed by atoms with Crippen molar-refractivity contribution in [3.8, 4) is 11.1 Å². The third kappa shape index (κ3) is 3.38. The van der Waals surface area contributed by atoms with Gasteiger partial charge < -0.3 is 0 Å². The molecule has 0 atom stereocenters. The maximum Gasteiger partial charge on any atom is 0.416 e. The molecule has 2 aromatic carbocycles. The molecular formula is C15H9ClF6. The SMILES string of the molecule is FC(F)(F)c1ccc(-c2cccc(C(F)(F)F)c2CCl)cc1. The number of rotatable bonds is 2. The van der Waals surface area contributed by atoms with Gasteiger partial charge in [-0.05, 0) is 34.9 Å². The lowest BCUT2D eigenvalue weighted by molar-refractivity contribution is -0.138. The highest BCUT2D eigenvalue weighted by atomic mass is 35.5. The summed E-state index contributed by atoms with van der Waals surface area (Å²) in [4.78, 5) is 0. The summed E-state index contributed by atoms with van der Waals surface area (Å²) in [7, 11) is 0. The molecule has 0 nitrogen and oxygen atoms in total. The van der Waals surface area contributed by atoms with Crippen molar-refractivity contribution in [2.45, 2.75) is 18.2 Å². The van der Waals surface area contributed by atoms with Gasteiger partial charge in [-0.15, -0.1) is 11.6 Å². The van der Waals surface area contributed by atoms with Crippen LogP contribution in [-0.2, 0) is 18.2 Å². The van der Waals surface area contributed by atoms with E-state index in [2.05, 4.69) is 0 Å². The summed E-state index contributed by atoms with van der Waals surface area (Å²) in [6.07, 6.45) is -9.08. The van der Waals surface area contributed by atoms with Crippen molar-refractivity contribution in [2.75, 3.05) is 0 Å². The average molecular weight is 339 g/mol. The molecule has 0 amide bonds. The Balaban J connectivity index is 2.54. The molecule has 7 heteroatoms. The third-order valence-electron chi connectivity index (χ3n) is 3.14. The minimum atomic E-state index is -4.58. The minimum Gasteiger partial charge on any atom is -0.166 e. The number of halogens is 7. The van der Waals surface area contributed by atoms with E-state index in [1.54, 1.807) is 0 Å².